The normalized spacial score (nSPS) is 28.0. The van der Waals surface area contributed by atoms with Gasteiger partial charge in [-0.3, -0.25) is 4.79 Å². The lowest BCUT2D eigenvalue weighted by atomic mass is 9.64. The van der Waals surface area contributed by atoms with Gasteiger partial charge in [0.05, 0.1) is 6.10 Å². The smallest absolute Gasteiger partial charge is 0.220 e. The molecule has 0 aliphatic heterocycles. The molecule has 0 radical (unpaired) electrons. The van der Waals surface area contributed by atoms with E-state index in [4.69, 9.17) is 0 Å². The maximum absolute atomic E-state index is 11.4. The average Bonchev–Trinajstić information content (AvgIpc) is 2.14. The number of nitrogens with one attached hydrogen (secondary N) is 1. The van der Waals surface area contributed by atoms with E-state index in [-0.39, 0.29) is 35.7 Å². The molecule has 1 saturated carbocycles. The van der Waals surface area contributed by atoms with Crippen molar-refractivity contribution < 1.29 is 14.7 Å². The zero-order valence-corrected chi connectivity index (χ0v) is 9.54. The second kappa shape index (κ2) is 4.31. The van der Waals surface area contributed by atoms with Crippen LogP contribution in [0.25, 0.3) is 0 Å². The number of ketones is 1. The lowest BCUT2D eigenvalue weighted by Gasteiger charge is -2.49. The molecule has 1 aliphatic rings. The first-order valence-electron chi connectivity index (χ1n) is 5.31. The van der Waals surface area contributed by atoms with Crippen LogP contribution in [0.2, 0.25) is 0 Å². The molecule has 2 atom stereocenters. The summed E-state index contributed by atoms with van der Waals surface area (Å²) >= 11 is 0. The van der Waals surface area contributed by atoms with Gasteiger partial charge in [-0.05, 0) is 13.3 Å². The molecule has 0 aromatic carbocycles. The molecule has 1 amide bonds. The maximum atomic E-state index is 11.4. The van der Waals surface area contributed by atoms with Crippen molar-refractivity contribution in [3.05, 3.63) is 0 Å². The Morgan fingerprint density at radius 2 is 2.00 bits per heavy atom. The fraction of sp³-hybridized carbons (Fsp3) is 0.818. The van der Waals surface area contributed by atoms with Gasteiger partial charge in [0.25, 0.3) is 0 Å². The van der Waals surface area contributed by atoms with E-state index in [1.54, 1.807) is 0 Å². The highest BCUT2D eigenvalue weighted by atomic mass is 16.3. The molecule has 15 heavy (non-hydrogen) atoms. The summed E-state index contributed by atoms with van der Waals surface area (Å²) in [4.78, 5) is 22.1. The van der Waals surface area contributed by atoms with Crippen LogP contribution < -0.4 is 5.32 Å². The Balaban J connectivity index is 2.31. The van der Waals surface area contributed by atoms with Gasteiger partial charge in [-0.2, -0.15) is 0 Å². The monoisotopic (exact) mass is 213 g/mol. The lowest BCUT2D eigenvalue weighted by Crippen LogP contribution is -2.61. The number of carbonyl (C=O) groups is 2. The number of carbonyl (C=O) groups excluding carboxylic acids is 2. The van der Waals surface area contributed by atoms with Crippen molar-refractivity contribution in [2.24, 2.45) is 5.41 Å². The minimum atomic E-state index is -0.337. The molecular formula is C11H19NO3. The molecule has 0 heterocycles. The molecule has 1 rings (SSSR count). The summed E-state index contributed by atoms with van der Waals surface area (Å²) in [5.41, 5.74) is -0.244. The van der Waals surface area contributed by atoms with Crippen LogP contribution in [-0.2, 0) is 9.59 Å². The van der Waals surface area contributed by atoms with E-state index in [2.05, 4.69) is 5.32 Å². The van der Waals surface area contributed by atoms with Crippen molar-refractivity contribution in [3.63, 3.8) is 0 Å². The van der Waals surface area contributed by atoms with Crippen molar-refractivity contribution in [1.29, 1.82) is 0 Å². The SMILES string of the molecule is CC(=O)CCC(=O)NC1CC(O)C1(C)C. The Morgan fingerprint density at radius 1 is 1.40 bits per heavy atom. The quantitative estimate of drug-likeness (QED) is 0.720. The topological polar surface area (TPSA) is 66.4 Å². The molecule has 0 saturated heterocycles. The highest BCUT2D eigenvalue weighted by molar-refractivity contribution is 5.83. The fourth-order valence-corrected chi connectivity index (χ4v) is 1.70. The standard InChI is InChI=1S/C11H19NO3/c1-7(13)4-5-10(15)12-8-6-9(14)11(8,2)3/h8-9,14H,4-6H2,1-3H3,(H,12,15). The first-order valence-corrected chi connectivity index (χ1v) is 5.31. The van der Waals surface area contributed by atoms with Crippen molar-refractivity contribution >= 4 is 11.7 Å². The number of hydrogen-bond acceptors (Lipinski definition) is 3. The van der Waals surface area contributed by atoms with E-state index in [1.165, 1.54) is 6.92 Å². The average molecular weight is 213 g/mol. The highest BCUT2D eigenvalue weighted by Gasteiger charge is 2.47. The Labute approximate surface area is 90.0 Å². The Morgan fingerprint density at radius 3 is 2.40 bits per heavy atom. The van der Waals surface area contributed by atoms with Crippen LogP contribution in [0.3, 0.4) is 0 Å². The minimum absolute atomic E-state index is 0.0260. The van der Waals surface area contributed by atoms with Crippen molar-refractivity contribution in [3.8, 4) is 0 Å². The first-order chi connectivity index (χ1) is 6.84. The third-order valence-corrected chi connectivity index (χ3v) is 3.26. The molecule has 0 aromatic rings. The summed E-state index contributed by atoms with van der Waals surface area (Å²) in [5, 5.41) is 12.3. The van der Waals surface area contributed by atoms with Gasteiger partial charge < -0.3 is 15.2 Å². The van der Waals surface area contributed by atoms with Crippen LogP contribution in [0.15, 0.2) is 0 Å². The molecule has 1 fully saturated rings. The molecule has 2 unspecified atom stereocenters. The van der Waals surface area contributed by atoms with Crippen molar-refractivity contribution in [2.75, 3.05) is 0 Å². The van der Waals surface area contributed by atoms with Gasteiger partial charge in [0.1, 0.15) is 5.78 Å². The zero-order valence-electron chi connectivity index (χ0n) is 9.54. The van der Waals surface area contributed by atoms with Crippen LogP contribution in [0.4, 0.5) is 0 Å². The zero-order chi connectivity index (χ0) is 11.6. The third kappa shape index (κ3) is 2.78. The molecule has 4 heteroatoms. The maximum Gasteiger partial charge on any atom is 0.220 e. The van der Waals surface area contributed by atoms with Crippen molar-refractivity contribution in [1.82, 2.24) is 5.32 Å². The number of aliphatic hydroxyl groups excluding tert-OH is 1. The van der Waals surface area contributed by atoms with Gasteiger partial charge in [-0.15, -0.1) is 0 Å². The summed E-state index contributed by atoms with van der Waals surface area (Å²) in [6.45, 7) is 5.33. The molecular weight excluding hydrogens is 194 g/mol. The van der Waals surface area contributed by atoms with Crippen LogP contribution >= 0.6 is 0 Å². The predicted molar refractivity (Wildman–Crippen MR) is 56.3 cm³/mol. The number of hydrogen-bond donors (Lipinski definition) is 2. The van der Waals surface area contributed by atoms with Crippen LogP contribution in [0.1, 0.15) is 40.0 Å². The fourth-order valence-electron chi connectivity index (χ4n) is 1.70. The van der Waals surface area contributed by atoms with E-state index in [0.717, 1.165) is 0 Å². The minimum Gasteiger partial charge on any atom is -0.392 e. The summed E-state index contributed by atoms with van der Waals surface area (Å²) in [5.74, 6) is -0.0757. The lowest BCUT2D eigenvalue weighted by molar-refractivity contribution is -0.131. The number of rotatable bonds is 4. The van der Waals surface area contributed by atoms with Gasteiger partial charge in [0, 0.05) is 24.3 Å². The van der Waals surface area contributed by atoms with Gasteiger partial charge in [-0.1, -0.05) is 13.8 Å². The number of aliphatic hydroxyl groups is 1. The second-order valence-electron chi connectivity index (χ2n) is 4.89. The third-order valence-electron chi connectivity index (χ3n) is 3.26. The van der Waals surface area contributed by atoms with E-state index in [9.17, 15) is 14.7 Å². The van der Waals surface area contributed by atoms with Gasteiger partial charge in [0.15, 0.2) is 0 Å². The van der Waals surface area contributed by atoms with Crippen LogP contribution in [0.5, 0.6) is 0 Å². The molecule has 4 nitrogen and oxygen atoms in total. The van der Waals surface area contributed by atoms with Crippen LogP contribution in [-0.4, -0.2) is 28.9 Å². The second-order valence-corrected chi connectivity index (χ2v) is 4.89. The number of Topliss-reactive ketones (excluding diaryl/α,β-unsaturated/α-hetero) is 1. The largest absolute Gasteiger partial charge is 0.392 e. The van der Waals surface area contributed by atoms with E-state index in [0.29, 0.717) is 12.8 Å². The Bertz CT molecular complexity index is 273. The molecule has 2 N–H and O–H groups in total. The van der Waals surface area contributed by atoms with E-state index >= 15 is 0 Å². The molecule has 1 aliphatic carbocycles. The van der Waals surface area contributed by atoms with Crippen molar-refractivity contribution in [2.45, 2.75) is 52.2 Å². The molecule has 0 bridgehead atoms. The summed E-state index contributed by atoms with van der Waals surface area (Å²) in [7, 11) is 0. The summed E-state index contributed by atoms with van der Waals surface area (Å²) < 4.78 is 0. The summed E-state index contributed by atoms with van der Waals surface area (Å²) in [6.07, 6.45) is 0.814. The van der Waals surface area contributed by atoms with Gasteiger partial charge >= 0.3 is 0 Å². The van der Waals surface area contributed by atoms with E-state index in [1.807, 2.05) is 13.8 Å². The Kier molecular flexibility index (Phi) is 3.50. The summed E-state index contributed by atoms with van der Waals surface area (Å²) in [6, 6.07) is 0.0342. The van der Waals surface area contributed by atoms with Crippen LogP contribution in [0, 0.1) is 5.41 Å². The molecule has 0 aromatic heterocycles. The highest BCUT2D eigenvalue weighted by Crippen LogP contribution is 2.40. The number of amides is 1. The van der Waals surface area contributed by atoms with Gasteiger partial charge in [-0.25, -0.2) is 0 Å². The molecule has 0 spiro atoms. The van der Waals surface area contributed by atoms with Gasteiger partial charge in [0.2, 0.25) is 5.91 Å². The van der Waals surface area contributed by atoms with E-state index < -0.39 is 0 Å². The first kappa shape index (κ1) is 12.2. The Hall–Kier alpha value is -0.900. The predicted octanol–water partition coefficient (Wildman–Crippen LogP) is 0.631. The molecule has 86 valence electrons.